The van der Waals surface area contributed by atoms with Crippen LogP contribution in [-0.4, -0.2) is 41.8 Å². The Morgan fingerprint density at radius 2 is 0.800 bits per heavy atom. The second-order valence-electron chi connectivity index (χ2n) is 5.64. The van der Waals surface area contributed by atoms with E-state index in [0.29, 0.717) is 11.6 Å². The molecular weight excluding hydrogens is 518 g/mol. The molecule has 0 aliphatic carbocycles. The predicted octanol–water partition coefficient (Wildman–Crippen LogP) is -3.89. The molecule has 12 N–H and O–H groups in total. The Bertz CT molecular complexity index is 1040. The molecule has 0 aromatic carbocycles. The minimum atomic E-state index is -1.28. The Kier molecular flexibility index (Phi) is 17.6. The molecule has 4 heterocycles. The first-order valence-electron chi connectivity index (χ1n) is 8.42. The first kappa shape index (κ1) is 35.5. The van der Waals surface area contributed by atoms with E-state index in [9.17, 15) is 19.8 Å². The van der Waals surface area contributed by atoms with E-state index in [1.165, 1.54) is 24.8 Å². The minimum absolute atomic E-state index is 0. The van der Waals surface area contributed by atoms with Crippen molar-refractivity contribution in [2.24, 2.45) is 0 Å². The maximum atomic E-state index is 10.4. The summed E-state index contributed by atoms with van der Waals surface area (Å²) in [5.74, 6) is -1.64. The summed E-state index contributed by atoms with van der Waals surface area (Å²) in [6, 6.07) is 6.98. The number of nitrogens with zero attached hydrogens (tertiary/aromatic N) is 6. The molecule has 0 fully saturated rings. The summed E-state index contributed by atoms with van der Waals surface area (Å²) >= 11 is 0. The first-order chi connectivity index (χ1) is 14.5. The van der Waals surface area contributed by atoms with Gasteiger partial charge in [0.05, 0.1) is 11.9 Å². The zero-order valence-corrected chi connectivity index (χ0v) is 21.2. The van der Waals surface area contributed by atoms with Crippen LogP contribution in [0.4, 0.5) is 0 Å². The average molecular weight is 542 g/mol. The Labute approximate surface area is 210 Å². The molecular formula is C20H24N6O8Zn+4. The van der Waals surface area contributed by atoms with Gasteiger partial charge in [0, 0.05) is 71.8 Å². The third kappa shape index (κ3) is 10.1. The fraction of sp³-hybridized carbons (Fsp3) is 0. The van der Waals surface area contributed by atoms with Crippen LogP contribution in [0.25, 0.3) is 22.8 Å². The van der Waals surface area contributed by atoms with Gasteiger partial charge >= 0.3 is 19.5 Å². The Morgan fingerprint density at radius 1 is 0.543 bits per heavy atom. The van der Waals surface area contributed by atoms with Crippen LogP contribution in [-0.2, 0) is 41.4 Å². The summed E-state index contributed by atoms with van der Waals surface area (Å²) in [7, 11) is 0. The molecule has 0 radical (unpaired) electrons. The van der Waals surface area contributed by atoms with Crippen molar-refractivity contribution in [1.82, 2.24) is 29.9 Å². The number of aromatic nitrogens is 6. The van der Waals surface area contributed by atoms with Gasteiger partial charge in [-0.3, -0.25) is 9.97 Å². The summed E-state index contributed by atoms with van der Waals surface area (Å²) in [5, 5.41) is 20.9. The van der Waals surface area contributed by atoms with E-state index >= 15 is 0 Å². The Hall–Kier alpha value is -4.14. The first-order valence-corrected chi connectivity index (χ1v) is 8.42. The van der Waals surface area contributed by atoms with Crippen LogP contribution in [0.5, 0.6) is 0 Å². The molecule has 4 aromatic heterocycles. The molecule has 0 atom stereocenters. The van der Waals surface area contributed by atoms with Crippen LogP contribution in [0.15, 0.2) is 73.8 Å². The molecule has 0 saturated heterocycles. The van der Waals surface area contributed by atoms with Crippen LogP contribution in [0, 0.1) is 0 Å². The van der Waals surface area contributed by atoms with E-state index in [4.69, 9.17) is 0 Å². The van der Waals surface area contributed by atoms with Gasteiger partial charge in [0.2, 0.25) is 0 Å². The molecule has 0 saturated carbocycles. The monoisotopic (exact) mass is 540 g/mol. The van der Waals surface area contributed by atoms with E-state index in [0.717, 1.165) is 11.1 Å². The minimum Gasteiger partial charge on any atom is -0.545 e. The zero-order chi connectivity index (χ0) is 21.3. The topological polar surface area (TPSA) is 290 Å². The zero-order valence-electron chi connectivity index (χ0n) is 18.3. The van der Waals surface area contributed by atoms with Crippen LogP contribution < -0.4 is 10.2 Å². The molecule has 4 aromatic rings. The number of pyridine rings is 2. The molecule has 0 amide bonds. The summed E-state index contributed by atoms with van der Waals surface area (Å²) < 4.78 is 0. The van der Waals surface area contributed by atoms with Crippen molar-refractivity contribution < 1.29 is 61.2 Å². The van der Waals surface area contributed by atoms with Gasteiger partial charge in [-0.05, 0) is 24.3 Å². The summed E-state index contributed by atoms with van der Waals surface area (Å²) in [4.78, 5) is 44.3. The van der Waals surface area contributed by atoms with Crippen molar-refractivity contribution in [3.63, 3.8) is 0 Å². The van der Waals surface area contributed by atoms with Gasteiger partial charge in [-0.15, -0.1) is 0 Å². The van der Waals surface area contributed by atoms with Crippen LogP contribution in [0.3, 0.4) is 0 Å². The Balaban J connectivity index is -0.000000512. The number of rotatable bonds is 4. The average Bonchev–Trinajstić information content (AvgIpc) is 2.81. The fourth-order valence-corrected chi connectivity index (χ4v) is 2.17. The van der Waals surface area contributed by atoms with Crippen molar-refractivity contribution in [2.75, 3.05) is 0 Å². The van der Waals surface area contributed by atoms with Gasteiger partial charge in [-0.1, -0.05) is 0 Å². The second-order valence-corrected chi connectivity index (χ2v) is 5.64. The van der Waals surface area contributed by atoms with Crippen molar-refractivity contribution in [3.05, 3.63) is 85.0 Å². The molecule has 0 bridgehead atoms. The van der Waals surface area contributed by atoms with E-state index in [-0.39, 0.29) is 52.5 Å². The van der Waals surface area contributed by atoms with Crippen LogP contribution in [0.1, 0.15) is 20.7 Å². The number of carbonyl (C=O) groups is 2. The summed E-state index contributed by atoms with van der Waals surface area (Å²) in [6.07, 6.45) is 11.3. The molecule has 4 rings (SSSR count). The quantitative estimate of drug-likeness (QED) is 0.178. The number of carboxylic acids is 2. The number of carbonyl (C=O) groups excluding carboxylic acids is 2. The van der Waals surface area contributed by atoms with E-state index in [2.05, 4.69) is 29.9 Å². The normalized spacial score (nSPS) is 8.46. The smallest absolute Gasteiger partial charge is 0.545 e. The van der Waals surface area contributed by atoms with Crippen LogP contribution >= 0.6 is 0 Å². The maximum absolute atomic E-state index is 10.4. The number of hydrogen-bond donors (Lipinski definition) is 0. The van der Waals surface area contributed by atoms with Crippen LogP contribution in [0.2, 0.25) is 0 Å². The SMILES string of the molecule is O=C([O-])c1cnc(-c2ccncc2)nc1.O=C([O-])c1cnc(-c2ccncc2)nc1.[OH3+].[OH3+].[OH3+].[OH3+].[Zn+2]. The fourth-order valence-electron chi connectivity index (χ4n) is 2.17. The predicted molar refractivity (Wildman–Crippen MR) is 119 cm³/mol. The molecule has 0 aliphatic heterocycles. The number of aromatic carboxylic acids is 2. The van der Waals surface area contributed by atoms with Crippen molar-refractivity contribution >= 4 is 11.9 Å². The largest absolute Gasteiger partial charge is 2.00 e. The molecule has 0 spiro atoms. The van der Waals surface area contributed by atoms with Gasteiger partial charge in [-0.25, -0.2) is 19.9 Å². The van der Waals surface area contributed by atoms with Gasteiger partial charge in [0.15, 0.2) is 11.6 Å². The number of hydrogen-bond acceptors (Lipinski definition) is 10. The maximum Gasteiger partial charge on any atom is 2.00 e. The number of carboxylic acid groups (broad SMARTS) is 2. The molecule has 35 heavy (non-hydrogen) atoms. The second kappa shape index (κ2) is 17.4. The van der Waals surface area contributed by atoms with Crippen molar-refractivity contribution in [1.29, 1.82) is 0 Å². The van der Waals surface area contributed by atoms with E-state index < -0.39 is 11.9 Å². The van der Waals surface area contributed by atoms with Gasteiger partial charge in [0.1, 0.15) is 0 Å². The summed E-state index contributed by atoms with van der Waals surface area (Å²) in [5.41, 5.74) is 1.51. The van der Waals surface area contributed by atoms with E-state index in [1.807, 2.05) is 0 Å². The van der Waals surface area contributed by atoms with Gasteiger partial charge < -0.3 is 41.7 Å². The standard InChI is InChI=1S/2C10H7N3O2.4H2O.Zn/c2*14-10(15)8-5-12-9(13-6-8)7-1-3-11-4-2-7;;;;;/h2*1-6H,(H,14,15);4*1H2;/q;;;;;;+2/p+2. The van der Waals surface area contributed by atoms with Crippen molar-refractivity contribution in [3.8, 4) is 22.8 Å². The van der Waals surface area contributed by atoms with Gasteiger partial charge in [-0.2, -0.15) is 0 Å². The van der Waals surface area contributed by atoms with Crippen molar-refractivity contribution in [2.45, 2.75) is 0 Å². The van der Waals surface area contributed by atoms with E-state index in [1.54, 1.807) is 49.1 Å². The third-order valence-corrected chi connectivity index (χ3v) is 3.65. The molecule has 180 valence electrons. The summed E-state index contributed by atoms with van der Waals surface area (Å²) in [6.45, 7) is 0. The Morgan fingerprint density at radius 3 is 1.03 bits per heavy atom. The third-order valence-electron chi connectivity index (χ3n) is 3.65. The van der Waals surface area contributed by atoms with Gasteiger partial charge in [0.25, 0.3) is 0 Å². The molecule has 15 heteroatoms. The molecule has 0 unspecified atom stereocenters. The molecule has 0 aliphatic rings. The molecule has 14 nitrogen and oxygen atoms in total.